The van der Waals surface area contributed by atoms with E-state index in [1.807, 2.05) is 32.0 Å². The number of nitrogens with one attached hydrogen (secondary N) is 2. The summed E-state index contributed by atoms with van der Waals surface area (Å²) in [6.45, 7) is 4.68. The number of anilines is 2. The Morgan fingerprint density at radius 2 is 1.86 bits per heavy atom. The number of aromatic nitrogens is 5. The molecule has 3 aromatic heterocycles. The molecule has 0 aliphatic carbocycles. The summed E-state index contributed by atoms with van der Waals surface area (Å²) in [4.78, 5) is 21.8. The van der Waals surface area contributed by atoms with Gasteiger partial charge in [-0.15, -0.1) is 0 Å². The van der Waals surface area contributed by atoms with E-state index in [-0.39, 0.29) is 22.0 Å². The third-order valence-electron chi connectivity index (χ3n) is 7.09. The van der Waals surface area contributed by atoms with Crippen LogP contribution in [0.15, 0.2) is 77.8 Å². The van der Waals surface area contributed by atoms with Crippen LogP contribution < -0.4 is 11.1 Å². The molecule has 0 radical (unpaired) electrons. The second kappa shape index (κ2) is 10.5. The lowest BCUT2D eigenvalue weighted by atomic mass is 10.1. The van der Waals surface area contributed by atoms with Gasteiger partial charge in [-0.05, 0) is 62.4 Å². The van der Waals surface area contributed by atoms with Gasteiger partial charge in [0.25, 0.3) is 10.0 Å². The molecule has 11 nitrogen and oxygen atoms in total. The van der Waals surface area contributed by atoms with Crippen LogP contribution in [-0.2, 0) is 14.8 Å². The van der Waals surface area contributed by atoms with Gasteiger partial charge in [0.2, 0.25) is 5.78 Å². The zero-order valence-corrected chi connectivity index (χ0v) is 24.1. The summed E-state index contributed by atoms with van der Waals surface area (Å²) < 4.78 is 35.9. The molecule has 42 heavy (non-hydrogen) atoms. The van der Waals surface area contributed by atoms with Gasteiger partial charge >= 0.3 is 0 Å². The lowest BCUT2D eigenvalue weighted by Crippen LogP contribution is -2.19. The van der Waals surface area contributed by atoms with Crippen LogP contribution in [0.25, 0.3) is 27.6 Å². The Morgan fingerprint density at radius 1 is 1.07 bits per heavy atom. The van der Waals surface area contributed by atoms with Crippen molar-refractivity contribution in [2.24, 2.45) is 0 Å². The van der Waals surface area contributed by atoms with Gasteiger partial charge in [-0.3, -0.25) is 4.79 Å². The fourth-order valence-corrected chi connectivity index (χ4v) is 6.52. The van der Waals surface area contributed by atoms with Crippen LogP contribution in [0.2, 0.25) is 0 Å². The first-order chi connectivity index (χ1) is 20.2. The molecule has 0 saturated carbocycles. The minimum atomic E-state index is -4.18. The van der Waals surface area contributed by atoms with Crippen LogP contribution >= 0.6 is 0 Å². The lowest BCUT2D eigenvalue weighted by molar-refractivity contribution is 0.103. The molecule has 0 aliphatic heterocycles. The van der Waals surface area contributed by atoms with E-state index in [1.54, 1.807) is 43.5 Å². The molecule has 0 spiro atoms. The molecule has 0 bridgehead atoms. The van der Waals surface area contributed by atoms with Gasteiger partial charge in [-0.25, -0.2) is 22.1 Å². The maximum atomic E-state index is 14.1. The van der Waals surface area contributed by atoms with Crippen molar-refractivity contribution < 1.29 is 17.9 Å². The van der Waals surface area contributed by atoms with E-state index < -0.39 is 15.8 Å². The smallest absolute Gasteiger partial charge is 0.268 e. The SMILES string of the molecule is COCCNc1cccc2c1cc(C(=O)c1cnn(-c3ccc4nc(C)[nH]c4c3)c1N)n2S(=O)(=O)c1ccc(C)cc1. The summed E-state index contributed by atoms with van der Waals surface area (Å²) >= 11 is 0. The number of nitrogens with zero attached hydrogens (tertiary/aromatic N) is 4. The fraction of sp³-hybridized carbons (Fsp3) is 0.167. The van der Waals surface area contributed by atoms with Gasteiger partial charge < -0.3 is 20.8 Å². The van der Waals surface area contributed by atoms with E-state index in [0.717, 1.165) is 26.4 Å². The molecule has 0 amide bonds. The minimum absolute atomic E-state index is 0.0579. The van der Waals surface area contributed by atoms with Crippen molar-refractivity contribution in [1.82, 2.24) is 23.7 Å². The average Bonchev–Trinajstić information content (AvgIpc) is 3.67. The van der Waals surface area contributed by atoms with Crippen molar-refractivity contribution in [3.8, 4) is 5.69 Å². The summed E-state index contributed by atoms with van der Waals surface area (Å²) in [5.41, 5.74) is 10.7. The minimum Gasteiger partial charge on any atom is -0.383 e. The number of ether oxygens (including phenoxy) is 1. The van der Waals surface area contributed by atoms with Gasteiger partial charge in [-0.2, -0.15) is 5.10 Å². The Balaban J connectivity index is 1.50. The second-order valence-corrected chi connectivity index (χ2v) is 11.8. The summed E-state index contributed by atoms with van der Waals surface area (Å²) in [5, 5.41) is 8.21. The Morgan fingerprint density at radius 3 is 2.62 bits per heavy atom. The van der Waals surface area contributed by atoms with Crippen molar-refractivity contribution in [2.75, 3.05) is 31.3 Å². The molecule has 0 unspecified atom stereocenters. The highest BCUT2D eigenvalue weighted by atomic mass is 32.2. The van der Waals surface area contributed by atoms with E-state index >= 15 is 0 Å². The summed E-state index contributed by atoms with van der Waals surface area (Å²) in [5.74, 6) is 0.274. The molecule has 0 saturated heterocycles. The lowest BCUT2D eigenvalue weighted by Gasteiger charge is -2.12. The van der Waals surface area contributed by atoms with Crippen molar-refractivity contribution in [3.05, 3.63) is 95.6 Å². The first kappa shape index (κ1) is 27.2. The number of hydrogen-bond donors (Lipinski definition) is 3. The number of aromatic amines is 1. The topological polar surface area (TPSA) is 150 Å². The van der Waals surface area contributed by atoms with Crippen LogP contribution in [0.4, 0.5) is 11.5 Å². The van der Waals surface area contributed by atoms with Crippen LogP contribution in [0.1, 0.15) is 27.4 Å². The number of nitrogen functional groups attached to an aromatic ring is 1. The van der Waals surface area contributed by atoms with Crippen molar-refractivity contribution in [1.29, 1.82) is 0 Å². The molecular formula is C30H29N7O4S. The van der Waals surface area contributed by atoms with E-state index in [9.17, 15) is 13.2 Å². The van der Waals surface area contributed by atoms with Crippen molar-refractivity contribution in [3.63, 3.8) is 0 Å². The number of carbonyl (C=O) groups excluding carboxylic acids is 1. The highest BCUT2D eigenvalue weighted by molar-refractivity contribution is 7.90. The summed E-state index contributed by atoms with van der Waals surface area (Å²) in [7, 11) is -2.58. The standard InChI is InChI=1S/C30H29N7O4S/c1-18-7-10-21(11-8-18)42(39,40)37-27-6-4-5-24(32-13-14-41-3)22(27)16-28(37)29(38)23-17-33-36(30(23)31)20-9-12-25-26(15-20)35-19(2)34-25/h4-12,15-17,32H,13-14,31H2,1-3H3,(H,34,35). The van der Waals surface area contributed by atoms with Gasteiger partial charge in [0.1, 0.15) is 17.3 Å². The third kappa shape index (κ3) is 4.60. The Kier molecular flexibility index (Phi) is 6.79. The maximum Gasteiger partial charge on any atom is 0.268 e. The zero-order chi connectivity index (χ0) is 29.6. The van der Waals surface area contributed by atoms with Gasteiger partial charge in [0.05, 0.1) is 45.5 Å². The van der Waals surface area contributed by atoms with Crippen LogP contribution in [-0.4, -0.2) is 58.2 Å². The first-order valence-electron chi connectivity index (χ1n) is 13.2. The molecule has 0 fully saturated rings. The van der Waals surface area contributed by atoms with Crippen LogP contribution in [0, 0.1) is 13.8 Å². The summed E-state index contributed by atoms with van der Waals surface area (Å²) in [6.07, 6.45) is 1.36. The number of ketones is 1. The highest BCUT2D eigenvalue weighted by Crippen LogP contribution is 2.33. The molecular weight excluding hydrogens is 554 g/mol. The van der Waals surface area contributed by atoms with Gasteiger partial charge in [0.15, 0.2) is 0 Å². The molecule has 3 aromatic carbocycles. The molecule has 214 valence electrons. The van der Waals surface area contributed by atoms with E-state index in [1.165, 1.54) is 23.0 Å². The van der Waals surface area contributed by atoms with Crippen LogP contribution in [0.5, 0.6) is 0 Å². The third-order valence-corrected chi connectivity index (χ3v) is 8.84. The normalized spacial score (nSPS) is 11.9. The second-order valence-electron chi connectivity index (χ2n) is 9.98. The largest absolute Gasteiger partial charge is 0.383 e. The Hall–Kier alpha value is -4.94. The molecule has 4 N–H and O–H groups in total. The molecule has 6 aromatic rings. The van der Waals surface area contributed by atoms with Gasteiger partial charge in [0, 0.05) is 24.7 Å². The highest BCUT2D eigenvalue weighted by Gasteiger charge is 2.30. The Labute approximate surface area is 242 Å². The Bertz CT molecular complexity index is 2070. The van der Waals surface area contributed by atoms with Crippen molar-refractivity contribution >= 4 is 49.2 Å². The number of H-pyrrole nitrogens is 1. The molecule has 0 aliphatic rings. The molecule has 12 heteroatoms. The predicted molar refractivity (Wildman–Crippen MR) is 162 cm³/mol. The number of benzene rings is 3. The average molecular weight is 584 g/mol. The number of nitrogens with two attached hydrogens (primary N) is 1. The monoisotopic (exact) mass is 583 g/mol. The fourth-order valence-electron chi connectivity index (χ4n) is 5.01. The van der Waals surface area contributed by atoms with Gasteiger partial charge in [-0.1, -0.05) is 23.8 Å². The number of imidazole rings is 1. The maximum absolute atomic E-state index is 14.1. The van der Waals surface area contributed by atoms with Crippen LogP contribution in [0.3, 0.4) is 0 Å². The van der Waals surface area contributed by atoms with E-state index in [2.05, 4.69) is 20.4 Å². The number of carbonyl (C=O) groups is 1. The number of fused-ring (bicyclic) bond motifs is 2. The van der Waals surface area contributed by atoms with Crippen molar-refractivity contribution in [2.45, 2.75) is 18.7 Å². The number of methoxy groups -OCH3 is 1. The number of rotatable bonds is 9. The molecule has 6 rings (SSSR count). The first-order valence-corrected chi connectivity index (χ1v) is 14.7. The van der Waals surface area contributed by atoms with E-state index in [0.29, 0.717) is 35.4 Å². The van der Waals surface area contributed by atoms with E-state index in [4.69, 9.17) is 10.5 Å². The predicted octanol–water partition coefficient (Wildman–Crippen LogP) is 4.43. The quantitative estimate of drug-likeness (QED) is 0.167. The number of hydrogen-bond acceptors (Lipinski definition) is 8. The molecule has 3 heterocycles. The molecule has 0 atom stereocenters. The number of aryl methyl sites for hydroxylation is 2. The zero-order valence-electron chi connectivity index (χ0n) is 23.2. The summed E-state index contributed by atoms with van der Waals surface area (Å²) in [6, 6.07) is 18.8.